The molecule has 0 spiro atoms. The van der Waals surface area contributed by atoms with E-state index in [0.717, 1.165) is 11.4 Å². The zero-order valence-electron chi connectivity index (χ0n) is 4.83. The van der Waals surface area contributed by atoms with E-state index < -0.39 is 0 Å². The van der Waals surface area contributed by atoms with Crippen LogP contribution in [-0.4, -0.2) is 18.5 Å². The van der Waals surface area contributed by atoms with Crippen LogP contribution in [-0.2, 0) is 0 Å². The summed E-state index contributed by atoms with van der Waals surface area (Å²) in [5.74, 6) is 0. The standard InChI is InChI=1S/C6H9NS/c1-7-4-2-3-6(8)5-7/h2-3,5,8H,4H2,1H3. The van der Waals surface area contributed by atoms with Gasteiger partial charge in [0.1, 0.15) is 0 Å². The highest BCUT2D eigenvalue weighted by molar-refractivity contribution is 7.84. The lowest BCUT2D eigenvalue weighted by Gasteiger charge is -2.14. The van der Waals surface area contributed by atoms with Gasteiger partial charge in [-0.1, -0.05) is 6.08 Å². The summed E-state index contributed by atoms with van der Waals surface area (Å²) < 4.78 is 0. The topological polar surface area (TPSA) is 3.24 Å². The second-order valence-electron chi connectivity index (χ2n) is 1.90. The lowest BCUT2D eigenvalue weighted by molar-refractivity contribution is 0.504. The van der Waals surface area contributed by atoms with Gasteiger partial charge in [-0.3, -0.25) is 0 Å². The first kappa shape index (κ1) is 5.76. The largest absolute Gasteiger partial charge is 0.376 e. The van der Waals surface area contributed by atoms with Crippen LogP contribution < -0.4 is 0 Å². The number of likely N-dealkylation sites (N-methyl/N-ethyl adjacent to an activating group) is 1. The first-order valence-corrected chi connectivity index (χ1v) is 3.01. The number of thiol groups is 1. The number of hydrogen-bond donors (Lipinski definition) is 1. The summed E-state index contributed by atoms with van der Waals surface area (Å²) in [6, 6.07) is 0. The maximum absolute atomic E-state index is 4.15. The minimum Gasteiger partial charge on any atom is -0.376 e. The predicted molar refractivity (Wildman–Crippen MR) is 38.8 cm³/mol. The Hall–Kier alpha value is -0.370. The highest BCUT2D eigenvalue weighted by Crippen LogP contribution is 2.07. The monoisotopic (exact) mass is 127 g/mol. The Balaban J connectivity index is 2.63. The molecule has 0 aliphatic carbocycles. The van der Waals surface area contributed by atoms with Gasteiger partial charge in [0, 0.05) is 24.7 Å². The fourth-order valence-corrected chi connectivity index (χ4v) is 0.964. The normalized spacial score (nSPS) is 18.8. The lowest BCUT2D eigenvalue weighted by Crippen LogP contribution is -2.12. The smallest absolute Gasteiger partial charge is 0.0354 e. The first-order valence-electron chi connectivity index (χ1n) is 2.56. The Morgan fingerprint density at radius 2 is 2.50 bits per heavy atom. The van der Waals surface area contributed by atoms with E-state index in [4.69, 9.17) is 0 Å². The molecule has 0 atom stereocenters. The van der Waals surface area contributed by atoms with E-state index in [0.29, 0.717) is 0 Å². The fourth-order valence-electron chi connectivity index (χ4n) is 0.661. The number of allylic oxidation sites excluding steroid dienone is 1. The molecule has 0 N–H and O–H groups in total. The molecule has 0 radical (unpaired) electrons. The van der Waals surface area contributed by atoms with E-state index in [2.05, 4.69) is 23.6 Å². The minimum atomic E-state index is 1.00. The quantitative estimate of drug-likeness (QED) is 0.479. The van der Waals surface area contributed by atoms with Crippen LogP contribution in [0, 0.1) is 0 Å². The van der Waals surface area contributed by atoms with Crippen LogP contribution in [0.2, 0.25) is 0 Å². The summed E-state index contributed by atoms with van der Waals surface area (Å²) >= 11 is 4.15. The van der Waals surface area contributed by atoms with Crippen LogP contribution in [0.25, 0.3) is 0 Å². The van der Waals surface area contributed by atoms with Crippen molar-refractivity contribution in [1.29, 1.82) is 0 Å². The van der Waals surface area contributed by atoms with Crippen LogP contribution in [0.3, 0.4) is 0 Å². The molecule has 0 unspecified atom stereocenters. The summed E-state index contributed by atoms with van der Waals surface area (Å²) in [5, 5.41) is 0. The van der Waals surface area contributed by atoms with Gasteiger partial charge in [0.05, 0.1) is 0 Å². The van der Waals surface area contributed by atoms with Crippen LogP contribution >= 0.6 is 12.6 Å². The van der Waals surface area contributed by atoms with Crippen LogP contribution in [0.1, 0.15) is 0 Å². The van der Waals surface area contributed by atoms with E-state index >= 15 is 0 Å². The molecule has 1 heterocycles. The Morgan fingerprint density at radius 1 is 1.75 bits per heavy atom. The summed E-state index contributed by atoms with van der Waals surface area (Å²) in [6.45, 7) is 1.00. The maximum Gasteiger partial charge on any atom is 0.0354 e. The van der Waals surface area contributed by atoms with E-state index in [1.807, 2.05) is 19.3 Å². The average molecular weight is 127 g/mol. The van der Waals surface area contributed by atoms with Gasteiger partial charge >= 0.3 is 0 Å². The van der Waals surface area contributed by atoms with Crippen molar-refractivity contribution in [2.24, 2.45) is 0 Å². The van der Waals surface area contributed by atoms with Gasteiger partial charge in [-0.15, -0.1) is 12.6 Å². The van der Waals surface area contributed by atoms with Gasteiger partial charge in [-0.05, 0) is 6.08 Å². The van der Waals surface area contributed by atoms with Gasteiger partial charge in [-0.2, -0.15) is 0 Å². The van der Waals surface area contributed by atoms with Gasteiger partial charge in [-0.25, -0.2) is 0 Å². The van der Waals surface area contributed by atoms with Crippen molar-refractivity contribution in [2.75, 3.05) is 13.6 Å². The molecule has 0 aromatic carbocycles. The number of hydrogen-bond acceptors (Lipinski definition) is 2. The highest BCUT2D eigenvalue weighted by Gasteiger charge is 1.93. The predicted octanol–water partition coefficient (Wildman–Crippen LogP) is 1.26. The minimum absolute atomic E-state index is 1.00. The van der Waals surface area contributed by atoms with Crippen molar-refractivity contribution in [3.63, 3.8) is 0 Å². The van der Waals surface area contributed by atoms with Crippen molar-refractivity contribution < 1.29 is 0 Å². The van der Waals surface area contributed by atoms with Crippen LogP contribution in [0.4, 0.5) is 0 Å². The molecular formula is C6H9NS. The molecule has 0 saturated heterocycles. The zero-order chi connectivity index (χ0) is 5.98. The first-order chi connectivity index (χ1) is 3.79. The van der Waals surface area contributed by atoms with Crippen molar-refractivity contribution >= 4 is 12.6 Å². The Bertz CT molecular complexity index is 137. The molecule has 0 amide bonds. The molecule has 0 aromatic rings. The summed E-state index contributed by atoms with van der Waals surface area (Å²) in [5.41, 5.74) is 0. The van der Waals surface area contributed by atoms with Gasteiger partial charge in [0.2, 0.25) is 0 Å². The van der Waals surface area contributed by atoms with Gasteiger partial charge in [0.15, 0.2) is 0 Å². The lowest BCUT2D eigenvalue weighted by atomic mass is 10.4. The molecule has 1 aliphatic heterocycles. The second-order valence-corrected chi connectivity index (χ2v) is 2.41. The zero-order valence-corrected chi connectivity index (χ0v) is 5.73. The Kier molecular flexibility index (Phi) is 1.63. The van der Waals surface area contributed by atoms with Crippen molar-refractivity contribution in [2.45, 2.75) is 0 Å². The van der Waals surface area contributed by atoms with Crippen LogP contribution in [0.5, 0.6) is 0 Å². The SMILES string of the molecule is CN1C=C(S)C=CC1. The van der Waals surface area contributed by atoms with Crippen molar-refractivity contribution in [3.8, 4) is 0 Å². The van der Waals surface area contributed by atoms with E-state index in [1.54, 1.807) is 0 Å². The third kappa shape index (κ3) is 1.30. The molecule has 0 fully saturated rings. The molecule has 1 rings (SSSR count). The third-order valence-electron chi connectivity index (χ3n) is 1.03. The highest BCUT2D eigenvalue weighted by atomic mass is 32.1. The van der Waals surface area contributed by atoms with Crippen molar-refractivity contribution in [3.05, 3.63) is 23.3 Å². The van der Waals surface area contributed by atoms with E-state index in [-0.39, 0.29) is 0 Å². The molecule has 2 heteroatoms. The van der Waals surface area contributed by atoms with Gasteiger partial charge < -0.3 is 4.90 Å². The Morgan fingerprint density at radius 3 is 2.88 bits per heavy atom. The molecule has 44 valence electrons. The molecule has 0 bridgehead atoms. The number of nitrogens with zero attached hydrogens (tertiary/aromatic N) is 1. The third-order valence-corrected chi connectivity index (χ3v) is 1.30. The molecule has 8 heavy (non-hydrogen) atoms. The molecular weight excluding hydrogens is 118 g/mol. The van der Waals surface area contributed by atoms with E-state index in [9.17, 15) is 0 Å². The van der Waals surface area contributed by atoms with E-state index in [1.165, 1.54) is 0 Å². The second kappa shape index (κ2) is 2.27. The number of rotatable bonds is 0. The summed E-state index contributed by atoms with van der Waals surface area (Å²) in [6.07, 6.45) is 6.09. The Labute approximate surface area is 55.1 Å². The summed E-state index contributed by atoms with van der Waals surface area (Å²) in [4.78, 5) is 3.11. The molecule has 1 aliphatic rings. The summed E-state index contributed by atoms with van der Waals surface area (Å²) in [7, 11) is 2.03. The average Bonchev–Trinajstić information content (AvgIpc) is 1.64. The molecule has 1 nitrogen and oxygen atoms in total. The molecule has 0 saturated carbocycles. The maximum atomic E-state index is 4.15. The van der Waals surface area contributed by atoms with Crippen LogP contribution in [0.15, 0.2) is 23.3 Å². The van der Waals surface area contributed by atoms with Crippen molar-refractivity contribution in [1.82, 2.24) is 4.90 Å². The fraction of sp³-hybridized carbons (Fsp3) is 0.333. The molecule has 0 aromatic heterocycles. The van der Waals surface area contributed by atoms with Gasteiger partial charge in [0.25, 0.3) is 0 Å².